The number of rotatable bonds is 9. The summed E-state index contributed by atoms with van der Waals surface area (Å²) in [7, 11) is -2.13. The quantitative estimate of drug-likeness (QED) is 0.601. The van der Waals surface area contributed by atoms with E-state index in [-0.39, 0.29) is 25.2 Å². The second kappa shape index (κ2) is 10.2. The number of ether oxygens (including phenoxy) is 2. The van der Waals surface area contributed by atoms with E-state index in [1.807, 2.05) is 44.2 Å². The molecular formula is C25H34N2O5S. The second-order valence-corrected chi connectivity index (χ2v) is 10.9. The van der Waals surface area contributed by atoms with Crippen molar-refractivity contribution < 1.29 is 22.7 Å². The molecule has 0 saturated carbocycles. The zero-order chi connectivity index (χ0) is 24.2. The number of carbonyl (C=O) groups excluding carboxylic acids is 1. The molecule has 8 heteroatoms. The highest BCUT2D eigenvalue weighted by Crippen LogP contribution is 2.32. The van der Waals surface area contributed by atoms with Crippen LogP contribution in [0, 0.1) is 13.8 Å². The summed E-state index contributed by atoms with van der Waals surface area (Å²) >= 11 is 0. The topological polar surface area (TPSA) is 84.9 Å². The molecule has 1 aliphatic rings. The summed E-state index contributed by atoms with van der Waals surface area (Å²) in [6.07, 6.45) is 1.46. The first-order valence-electron chi connectivity index (χ1n) is 11.2. The highest BCUT2D eigenvalue weighted by Gasteiger charge is 2.37. The second-order valence-electron chi connectivity index (χ2n) is 9.06. The number of benzene rings is 2. The van der Waals surface area contributed by atoms with Gasteiger partial charge >= 0.3 is 0 Å². The Balaban J connectivity index is 1.63. The molecule has 1 amide bonds. The van der Waals surface area contributed by atoms with Crippen LogP contribution in [0.3, 0.4) is 0 Å². The van der Waals surface area contributed by atoms with Crippen LogP contribution >= 0.6 is 0 Å². The van der Waals surface area contributed by atoms with Crippen LogP contribution in [-0.2, 0) is 25.1 Å². The average molecular weight is 475 g/mol. The van der Waals surface area contributed by atoms with Crippen LogP contribution in [0.15, 0.2) is 47.4 Å². The molecule has 1 aliphatic heterocycles. The maximum Gasteiger partial charge on any atom is 0.246 e. The van der Waals surface area contributed by atoms with Crippen LogP contribution in [-0.4, -0.2) is 51.5 Å². The summed E-state index contributed by atoms with van der Waals surface area (Å²) < 4.78 is 39.4. The lowest BCUT2D eigenvalue weighted by Gasteiger charge is -2.28. The van der Waals surface area contributed by atoms with Gasteiger partial charge in [0.1, 0.15) is 12.4 Å². The van der Waals surface area contributed by atoms with E-state index in [0.717, 1.165) is 12.0 Å². The first-order chi connectivity index (χ1) is 15.6. The van der Waals surface area contributed by atoms with Crippen molar-refractivity contribution in [2.45, 2.75) is 57.0 Å². The number of nitrogens with one attached hydrogen (secondary N) is 1. The molecule has 0 unspecified atom stereocenters. The molecule has 0 bridgehead atoms. The number of amides is 1. The fourth-order valence-corrected chi connectivity index (χ4v) is 6.54. The van der Waals surface area contributed by atoms with Gasteiger partial charge in [-0.2, -0.15) is 4.31 Å². The predicted octanol–water partition coefficient (Wildman–Crippen LogP) is 3.53. The number of hydrogen-bond acceptors (Lipinski definition) is 5. The van der Waals surface area contributed by atoms with Crippen molar-refractivity contribution >= 4 is 15.9 Å². The van der Waals surface area contributed by atoms with E-state index in [1.54, 1.807) is 33.1 Å². The van der Waals surface area contributed by atoms with E-state index in [0.29, 0.717) is 34.7 Å². The van der Waals surface area contributed by atoms with Gasteiger partial charge in [0.25, 0.3) is 0 Å². The minimum Gasteiger partial charge on any atom is -0.497 e. The van der Waals surface area contributed by atoms with Crippen molar-refractivity contribution in [1.82, 2.24) is 9.62 Å². The van der Waals surface area contributed by atoms with Gasteiger partial charge in [0.05, 0.1) is 24.2 Å². The number of carbonyl (C=O) groups is 1. The third-order valence-electron chi connectivity index (χ3n) is 6.05. The molecule has 3 rings (SSSR count). The minimum atomic E-state index is -3.69. The smallest absolute Gasteiger partial charge is 0.246 e. The molecule has 1 heterocycles. The van der Waals surface area contributed by atoms with Crippen molar-refractivity contribution in [3.63, 3.8) is 0 Å². The molecule has 2 aromatic carbocycles. The zero-order valence-corrected chi connectivity index (χ0v) is 20.9. The Morgan fingerprint density at radius 2 is 1.79 bits per heavy atom. The molecule has 0 radical (unpaired) electrons. The standard InChI is InChI=1S/C25H34N2O5S/c1-18-14-22(31-5)15-19(2)24(18)33(29,30)27-13-9-12-21(27)16-32-17-23(28)26-25(3,4)20-10-7-6-8-11-20/h6-8,10-11,14-15,21H,9,12-13,16-17H2,1-5H3,(H,26,28)/t21-/m0/s1. The van der Waals surface area contributed by atoms with Crippen LogP contribution in [0.1, 0.15) is 43.4 Å². The molecule has 33 heavy (non-hydrogen) atoms. The fourth-order valence-electron chi connectivity index (χ4n) is 4.44. The first kappa shape index (κ1) is 25.2. The summed E-state index contributed by atoms with van der Waals surface area (Å²) in [6, 6.07) is 12.9. The normalized spacial score (nSPS) is 17.2. The van der Waals surface area contributed by atoms with E-state index in [1.165, 1.54) is 4.31 Å². The number of methoxy groups -OCH3 is 1. The van der Waals surface area contributed by atoms with E-state index in [4.69, 9.17) is 9.47 Å². The SMILES string of the molecule is COc1cc(C)c(S(=O)(=O)N2CCC[C@H]2COCC(=O)NC(C)(C)c2ccccc2)c(C)c1. The summed E-state index contributed by atoms with van der Waals surface area (Å²) in [5.41, 5.74) is 1.77. The molecule has 1 atom stereocenters. The number of hydrogen-bond donors (Lipinski definition) is 1. The van der Waals surface area contributed by atoms with Crippen LogP contribution in [0.4, 0.5) is 0 Å². The summed E-state index contributed by atoms with van der Waals surface area (Å²) in [6.45, 7) is 7.92. The van der Waals surface area contributed by atoms with Crippen LogP contribution in [0.5, 0.6) is 5.75 Å². The lowest BCUT2D eigenvalue weighted by molar-refractivity contribution is -0.127. The van der Waals surface area contributed by atoms with E-state index < -0.39 is 15.6 Å². The molecule has 1 N–H and O–H groups in total. The highest BCUT2D eigenvalue weighted by atomic mass is 32.2. The molecular weight excluding hydrogens is 440 g/mol. The van der Waals surface area contributed by atoms with Gasteiger partial charge in [-0.15, -0.1) is 0 Å². The fraction of sp³-hybridized carbons (Fsp3) is 0.480. The Morgan fingerprint density at radius 3 is 2.39 bits per heavy atom. The molecule has 0 aromatic heterocycles. The van der Waals surface area contributed by atoms with Crippen molar-refractivity contribution in [3.05, 3.63) is 59.2 Å². The minimum absolute atomic E-state index is 0.124. The van der Waals surface area contributed by atoms with Crippen LogP contribution in [0.2, 0.25) is 0 Å². The molecule has 1 saturated heterocycles. The molecule has 180 valence electrons. The average Bonchev–Trinajstić information content (AvgIpc) is 3.23. The first-order valence-corrected chi connectivity index (χ1v) is 12.6. The van der Waals surface area contributed by atoms with Gasteiger partial charge < -0.3 is 14.8 Å². The number of sulfonamides is 1. The molecule has 2 aromatic rings. The third kappa shape index (κ3) is 5.75. The lowest BCUT2D eigenvalue weighted by atomic mass is 9.94. The van der Waals surface area contributed by atoms with Crippen molar-refractivity contribution in [3.8, 4) is 5.75 Å². The summed E-state index contributed by atoms with van der Waals surface area (Å²) in [4.78, 5) is 12.8. The van der Waals surface area contributed by atoms with Crippen molar-refractivity contribution in [2.24, 2.45) is 0 Å². The Labute approximate surface area is 197 Å². The largest absolute Gasteiger partial charge is 0.497 e. The molecule has 0 spiro atoms. The zero-order valence-electron chi connectivity index (χ0n) is 20.1. The third-order valence-corrected chi connectivity index (χ3v) is 8.31. The summed E-state index contributed by atoms with van der Waals surface area (Å²) in [5.74, 6) is 0.396. The Bertz CT molecular complexity index is 1060. The van der Waals surface area contributed by atoms with E-state index in [9.17, 15) is 13.2 Å². The van der Waals surface area contributed by atoms with Gasteiger partial charge in [0.2, 0.25) is 15.9 Å². The molecule has 1 fully saturated rings. The van der Waals surface area contributed by atoms with Crippen molar-refractivity contribution in [1.29, 1.82) is 0 Å². The molecule has 7 nitrogen and oxygen atoms in total. The van der Waals surface area contributed by atoms with E-state index >= 15 is 0 Å². The van der Waals surface area contributed by atoms with Crippen LogP contribution < -0.4 is 10.1 Å². The maximum atomic E-state index is 13.5. The number of aryl methyl sites for hydroxylation is 2. The van der Waals surface area contributed by atoms with Gasteiger partial charge in [-0.05, 0) is 69.4 Å². The molecule has 0 aliphatic carbocycles. The van der Waals surface area contributed by atoms with Gasteiger partial charge in [0.15, 0.2) is 0 Å². The predicted molar refractivity (Wildman–Crippen MR) is 128 cm³/mol. The maximum absolute atomic E-state index is 13.5. The lowest BCUT2D eigenvalue weighted by Crippen LogP contribution is -2.44. The Hall–Kier alpha value is -2.42. The highest BCUT2D eigenvalue weighted by molar-refractivity contribution is 7.89. The number of nitrogens with zero attached hydrogens (tertiary/aromatic N) is 1. The van der Waals surface area contributed by atoms with Crippen LogP contribution in [0.25, 0.3) is 0 Å². The van der Waals surface area contributed by atoms with E-state index in [2.05, 4.69) is 5.32 Å². The van der Waals surface area contributed by atoms with Crippen molar-refractivity contribution in [2.75, 3.05) is 26.9 Å². The van der Waals surface area contributed by atoms with Gasteiger partial charge in [-0.25, -0.2) is 8.42 Å². The van der Waals surface area contributed by atoms with Gasteiger partial charge in [-0.3, -0.25) is 4.79 Å². The van der Waals surface area contributed by atoms with Gasteiger partial charge in [0, 0.05) is 12.6 Å². The Morgan fingerprint density at radius 1 is 1.15 bits per heavy atom. The monoisotopic (exact) mass is 474 g/mol. The summed E-state index contributed by atoms with van der Waals surface area (Å²) in [5, 5.41) is 2.98. The van der Waals surface area contributed by atoms with Gasteiger partial charge in [-0.1, -0.05) is 30.3 Å². The Kier molecular flexibility index (Phi) is 7.82.